The minimum absolute atomic E-state index is 0.0454. The first kappa shape index (κ1) is 18.6. The van der Waals surface area contributed by atoms with Crippen molar-refractivity contribution < 1.29 is 22.9 Å². The highest BCUT2D eigenvalue weighted by molar-refractivity contribution is 7.91. The number of rotatable bonds is 5. The van der Waals surface area contributed by atoms with E-state index in [4.69, 9.17) is 0 Å². The van der Waals surface area contributed by atoms with Crippen molar-refractivity contribution in [2.24, 2.45) is 5.92 Å². The summed E-state index contributed by atoms with van der Waals surface area (Å²) in [5, 5.41) is 10.7. The summed E-state index contributed by atoms with van der Waals surface area (Å²) in [5.74, 6) is -1.61. The zero-order valence-corrected chi connectivity index (χ0v) is 13.8. The van der Waals surface area contributed by atoms with Gasteiger partial charge in [0, 0.05) is 18.6 Å². The van der Waals surface area contributed by atoms with Gasteiger partial charge < -0.3 is 0 Å². The first-order chi connectivity index (χ1) is 11.7. The Morgan fingerprint density at radius 1 is 1.28 bits per heavy atom. The molecule has 2 rings (SSSR count). The van der Waals surface area contributed by atoms with Crippen LogP contribution in [0.15, 0.2) is 23.1 Å². The molecule has 1 aromatic heterocycles. The number of sulfone groups is 1. The summed E-state index contributed by atoms with van der Waals surface area (Å²) in [5.41, 5.74) is 3.26. The Morgan fingerprint density at radius 3 is 2.56 bits per heavy atom. The van der Waals surface area contributed by atoms with Crippen LogP contribution in [0.3, 0.4) is 0 Å². The maximum absolute atomic E-state index is 11.7. The van der Waals surface area contributed by atoms with Gasteiger partial charge in [-0.15, -0.1) is 0 Å². The van der Waals surface area contributed by atoms with Crippen LogP contribution in [-0.2, 0) is 26.0 Å². The van der Waals surface area contributed by atoms with E-state index in [0.717, 1.165) is 22.9 Å². The number of pyridine rings is 1. The van der Waals surface area contributed by atoms with Crippen LogP contribution in [0, 0.1) is 16.0 Å². The fraction of sp³-hybridized carbons (Fsp3) is 0.462. The van der Waals surface area contributed by atoms with Crippen LogP contribution in [0.25, 0.3) is 0 Å². The molecular weight excluding hydrogens is 356 g/mol. The van der Waals surface area contributed by atoms with Gasteiger partial charge in [-0.2, -0.15) is 0 Å². The highest BCUT2D eigenvalue weighted by atomic mass is 32.2. The molecule has 2 amide bonds. The standard InChI is InChI=1S/C13H16N4O7S/c18-11(5-9-3-4-25(23,24)8-9)14-15-12(19)7-16-6-10(17(21)22)1-2-13(16)20/h1-2,6,9H,3-5,7-8H2,(H,14,18)(H,15,19). The molecule has 0 radical (unpaired) electrons. The molecule has 1 aromatic rings. The number of carbonyl (C=O) groups is 2. The summed E-state index contributed by atoms with van der Waals surface area (Å²) in [6, 6.07) is 1.98. The molecule has 1 atom stereocenters. The normalized spacial score (nSPS) is 18.5. The zero-order valence-electron chi connectivity index (χ0n) is 13.0. The van der Waals surface area contributed by atoms with Gasteiger partial charge in [0.25, 0.3) is 17.2 Å². The topological polar surface area (TPSA) is 157 Å². The van der Waals surface area contributed by atoms with Gasteiger partial charge in [0.2, 0.25) is 5.91 Å². The predicted octanol–water partition coefficient (Wildman–Crippen LogP) is -1.27. The Bertz CT molecular complexity index is 861. The van der Waals surface area contributed by atoms with E-state index in [0.29, 0.717) is 6.42 Å². The third-order valence-corrected chi connectivity index (χ3v) is 5.47. The van der Waals surface area contributed by atoms with Crippen molar-refractivity contribution in [3.8, 4) is 0 Å². The number of aromatic nitrogens is 1. The summed E-state index contributed by atoms with van der Waals surface area (Å²) >= 11 is 0. The van der Waals surface area contributed by atoms with Gasteiger partial charge in [-0.3, -0.25) is 39.9 Å². The molecule has 0 aromatic carbocycles. The van der Waals surface area contributed by atoms with Crippen molar-refractivity contribution in [1.82, 2.24) is 15.4 Å². The third-order valence-electron chi connectivity index (χ3n) is 3.63. The van der Waals surface area contributed by atoms with Gasteiger partial charge in [0.1, 0.15) is 6.54 Å². The minimum atomic E-state index is -3.09. The lowest BCUT2D eigenvalue weighted by atomic mass is 10.1. The number of hydrogen-bond donors (Lipinski definition) is 2. The van der Waals surface area contributed by atoms with Crippen molar-refractivity contribution in [2.75, 3.05) is 11.5 Å². The largest absolute Gasteiger partial charge is 0.299 e. The summed E-state index contributed by atoms with van der Waals surface area (Å²) in [7, 11) is -3.09. The molecule has 0 bridgehead atoms. The smallest absolute Gasteiger partial charge is 0.285 e. The van der Waals surface area contributed by atoms with Crippen molar-refractivity contribution in [3.05, 3.63) is 38.8 Å². The van der Waals surface area contributed by atoms with E-state index in [1.54, 1.807) is 0 Å². The van der Waals surface area contributed by atoms with Crippen molar-refractivity contribution in [2.45, 2.75) is 19.4 Å². The molecule has 2 N–H and O–H groups in total. The average molecular weight is 372 g/mol. The van der Waals surface area contributed by atoms with E-state index >= 15 is 0 Å². The van der Waals surface area contributed by atoms with Crippen LogP contribution in [0.4, 0.5) is 5.69 Å². The summed E-state index contributed by atoms with van der Waals surface area (Å²) in [6.07, 6.45) is 1.27. The third kappa shape index (κ3) is 5.38. The lowest BCUT2D eigenvalue weighted by Crippen LogP contribution is -2.44. The molecule has 1 fully saturated rings. The monoisotopic (exact) mass is 372 g/mol. The molecular formula is C13H16N4O7S. The predicted molar refractivity (Wildman–Crippen MR) is 85.0 cm³/mol. The van der Waals surface area contributed by atoms with E-state index in [1.807, 2.05) is 0 Å². The lowest BCUT2D eigenvalue weighted by Gasteiger charge is -2.10. The molecule has 12 heteroatoms. The number of hydrazine groups is 1. The van der Waals surface area contributed by atoms with E-state index in [-0.39, 0.29) is 29.5 Å². The highest BCUT2D eigenvalue weighted by Gasteiger charge is 2.29. The Morgan fingerprint density at radius 2 is 1.96 bits per heavy atom. The second-order valence-corrected chi connectivity index (χ2v) is 7.91. The van der Waals surface area contributed by atoms with Gasteiger partial charge in [-0.05, 0) is 12.3 Å². The Labute approximate surface area is 142 Å². The minimum Gasteiger partial charge on any atom is -0.299 e. The molecule has 136 valence electrons. The number of amides is 2. The molecule has 1 aliphatic heterocycles. The van der Waals surface area contributed by atoms with Crippen molar-refractivity contribution >= 4 is 27.3 Å². The van der Waals surface area contributed by atoms with Gasteiger partial charge in [0.15, 0.2) is 9.84 Å². The number of hydrogen-bond acceptors (Lipinski definition) is 7. The van der Waals surface area contributed by atoms with Crippen molar-refractivity contribution in [3.63, 3.8) is 0 Å². The fourth-order valence-electron chi connectivity index (χ4n) is 2.43. The Balaban J connectivity index is 1.85. The SMILES string of the molecule is O=C(CC1CCS(=O)(=O)C1)NNC(=O)Cn1cc([N+](=O)[O-])ccc1=O. The summed E-state index contributed by atoms with van der Waals surface area (Å²) in [4.78, 5) is 45.0. The van der Waals surface area contributed by atoms with E-state index in [1.165, 1.54) is 0 Å². The van der Waals surface area contributed by atoms with Crippen LogP contribution >= 0.6 is 0 Å². The average Bonchev–Trinajstić information content (AvgIpc) is 2.86. The maximum atomic E-state index is 11.7. The molecule has 0 saturated carbocycles. The number of nitro groups is 1. The fourth-order valence-corrected chi connectivity index (χ4v) is 4.29. The van der Waals surface area contributed by atoms with Crippen molar-refractivity contribution in [1.29, 1.82) is 0 Å². The molecule has 1 unspecified atom stereocenters. The molecule has 0 spiro atoms. The molecule has 0 aliphatic carbocycles. The van der Waals surface area contributed by atoms with Crippen LogP contribution in [0.2, 0.25) is 0 Å². The zero-order chi connectivity index (χ0) is 18.6. The number of nitrogens with one attached hydrogen (secondary N) is 2. The molecule has 2 heterocycles. The first-order valence-electron chi connectivity index (χ1n) is 7.29. The van der Waals surface area contributed by atoms with E-state index in [2.05, 4.69) is 10.9 Å². The first-order valence-corrected chi connectivity index (χ1v) is 9.11. The quantitative estimate of drug-likeness (QED) is 0.482. The van der Waals surface area contributed by atoms with Crippen LogP contribution in [0.5, 0.6) is 0 Å². The van der Waals surface area contributed by atoms with Crippen LogP contribution < -0.4 is 16.4 Å². The molecule has 1 aliphatic rings. The lowest BCUT2D eigenvalue weighted by molar-refractivity contribution is -0.385. The number of nitrogens with zero attached hydrogens (tertiary/aromatic N) is 2. The van der Waals surface area contributed by atoms with Gasteiger partial charge in [-0.1, -0.05) is 0 Å². The number of carbonyl (C=O) groups excluding carboxylic acids is 2. The summed E-state index contributed by atoms with van der Waals surface area (Å²) in [6.45, 7) is -0.515. The second-order valence-electron chi connectivity index (χ2n) is 5.68. The highest BCUT2D eigenvalue weighted by Crippen LogP contribution is 2.21. The molecule has 11 nitrogen and oxygen atoms in total. The Kier molecular flexibility index (Phi) is 5.51. The van der Waals surface area contributed by atoms with E-state index in [9.17, 15) is 32.9 Å². The van der Waals surface area contributed by atoms with Gasteiger partial charge >= 0.3 is 0 Å². The summed E-state index contributed by atoms with van der Waals surface area (Å²) < 4.78 is 23.5. The Hall–Kier alpha value is -2.76. The maximum Gasteiger partial charge on any atom is 0.285 e. The van der Waals surface area contributed by atoms with E-state index < -0.39 is 38.7 Å². The second kappa shape index (κ2) is 7.42. The van der Waals surface area contributed by atoms with Crippen LogP contribution in [-0.4, -0.2) is 41.2 Å². The van der Waals surface area contributed by atoms with Gasteiger partial charge in [0.05, 0.1) is 22.6 Å². The molecule has 25 heavy (non-hydrogen) atoms. The van der Waals surface area contributed by atoms with Gasteiger partial charge in [-0.25, -0.2) is 8.42 Å². The molecule has 1 saturated heterocycles. The van der Waals surface area contributed by atoms with Crippen LogP contribution in [0.1, 0.15) is 12.8 Å².